The van der Waals surface area contributed by atoms with Crippen LogP contribution in [0, 0.1) is 16.0 Å². The van der Waals surface area contributed by atoms with Gasteiger partial charge in [0.15, 0.2) is 9.84 Å². The lowest BCUT2D eigenvalue weighted by molar-refractivity contribution is -0.385. The summed E-state index contributed by atoms with van der Waals surface area (Å²) < 4.78 is 23.4. The van der Waals surface area contributed by atoms with Gasteiger partial charge in [-0.05, 0) is 5.92 Å². The van der Waals surface area contributed by atoms with Gasteiger partial charge in [0.25, 0.3) is 5.69 Å². The summed E-state index contributed by atoms with van der Waals surface area (Å²) in [6.45, 7) is 3.60. The van der Waals surface area contributed by atoms with Gasteiger partial charge in [0.2, 0.25) is 5.91 Å². The fourth-order valence-electron chi connectivity index (χ4n) is 1.96. The molecule has 122 valence electrons. The molecule has 1 N–H and O–H groups in total. The average Bonchev–Trinajstić information content (AvgIpc) is 2.42. The number of hydrogen-bond acceptors (Lipinski definition) is 5. The smallest absolute Gasteiger partial charge is 0.274 e. The molecule has 0 heterocycles. The van der Waals surface area contributed by atoms with Crippen LogP contribution < -0.4 is 5.32 Å². The van der Waals surface area contributed by atoms with Crippen molar-refractivity contribution < 1.29 is 18.1 Å². The topological polar surface area (TPSA) is 106 Å². The van der Waals surface area contributed by atoms with E-state index in [2.05, 4.69) is 5.32 Å². The van der Waals surface area contributed by atoms with Crippen molar-refractivity contribution in [2.75, 3.05) is 11.5 Å². The van der Waals surface area contributed by atoms with Crippen LogP contribution in [0.2, 0.25) is 0 Å². The Morgan fingerprint density at radius 3 is 2.55 bits per heavy atom. The van der Waals surface area contributed by atoms with Crippen molar-refractivity contribution in [3.05, 3.63) is 39.9 Å². The first-order valence-corrected chi connectivity index (χ1v) is 8.73. The maximum absolute atomic E-state index is 11.7. The Bertz CT molecular complexity index is 640. The fraction of sp³-hybridized carbons (Fsp3) is 0.500. The molecular weight excluding hydrogens is 308 g/mol. The van der Waals surface area contributed by atoms with E-state index in [-0.39, 0.29) is 36.1 Å². The predicted octanol–water partition coefficient (Wildman–Crippen LogP) is 1.67. The van der Waals surface area contributed by atoms with Gasteiger partial charge in [0.1, 0.15) is 0 Å². The van der Waals surface area contributed by atoms with Crippen molar-refractivity contribution in [2.24, 2.45) is 5.92 Å². The Kier molecular flexibility index (Phi) is 6.48. The maximum Gasteiger partial charge on any atom is 0.274 e. The van der Waals surface area contributed by atoms with Gasteiger partial charge in [-0.25, -0.2) is 8.42 Å². The number of nitro benzene ring substituents is 1. The zero-order chi connectivity index (χ0) is 16.8. The molecule has 1 rings (SSSR count). The van der Waals surface area contributed by atoms with Gasteiger partial charge < -0.3 is 5.32 Å². The van der Waals surface area contributed by atoms with Crippen molar-refractivity contribution in [2.45, 2.75) is 26.8 Å². The lowest BCUT2D eigenvalue weighted by Crippen LogP contribution is -2.26. The van der Waals surface area contributed by atoms with Crippen LogP contribution in [-0.4, -0.2) is 30.8 Å². The molecule has 0 unspecified atom stereocenters. The molecule has 0 aliphatic heterocycles. The van der Waals surface area contributed by atoms with E-state index < -0.39 is 20.7 Å². The lowest BCUT2D eigenvalue weighted by atomic mass is 10.2. The van der Waals surface area contributed by atoms with Crippen molar-refractivity contribution >= 4 is 21.4 Å². The molecular formula is C14H20N2O5S. The molecule has 0 saturated heterocycles. The number of rotatable bonds is 8. The molecule has 1 aromatic carbocycles. The second-order valence-corrected chi connectivity index (χ2v) is 7.65. The quantitative estimate of drug-likeness (QED) is 0.577. The Labute approximate surface area is 129 Å². The summed E-state index contributed by atoms with van der Waals surface area (Å²) in [5.41, 5.74) is 0.307. The third-order valence-electron chi connectivity index (χ3n) is 2.89. The van der Waals surface area contributed by atoms with Gasteiger partial charge in [-0.3, -0.25) is 14.9 Å². The summed E-state index contributed by atoms with van der Waals surface area (Å²) in [4.78, 5) is 22.0. The van der Waals surface area contributed by atoms with Crippen molar-refractivity contribution in [1.29, 1.82) is 0 Å². The number of carbonyl (C=O) groups is 1. The zero-order valence-corrected chi connectivity index (χ0v) is 13.4. The molecule has 22 heavy (non-hydrogen) atoms. The SMILES string of the molecule is CC(C)CS(=O)(=O)CCC(=O)NCc1ccccc1[N+](=O)[O-]. The van der Waals surface area contributed by atoms with Crippen LogP contribution in [0.4, 0.5) is 5.69 Å². The normalized spacial score (nSPS) is 11.4. The molecule has 0 saturated carbocycles. The summed E-state index contributed by atoms with van der Waals surface area (Å²) in [6.07, 6.45) is -0.143. The van der Waals surface area contributed by atoms with Gasteiger partial charge in [0.05, 0.1) is 16.4 Å². The highest BCUT2D eigenvalue weighted by Gasteiger charge is 2.16. The molecule has 0 aliphatic rings. The first kappa shape index (κ1) is 18.1. The van der Waals surface area contributed by atoms with Gasteiger partial charge in [0, 0.05) is 24.6 Å². The molecule has 0 fully saturated rings. The van der Waals surface area contributed by atoms with Crippen LogP contribution in [0.15, 0.2) is 24.3 Å². The van der Waals surface area contributed by atoms with E-state index in [1.807, 2.05) is 0 Å². The van der Waals surface area contributed by atoms with Gasteiger partial charge in [-0.2, -0.15) is 0 Å². The highest BCUT2D eigenvalue weighted by Crippen LogP contribution is 2.17. The van der Waals surface area contributed by atoms with Crippen molar-refractivity contribution in [3.8, 4) is 0 Å². The van der Waals surface area contributed by atoms with Crippen molar-refractivity contribution in [3.63, 3.8) is 0 Å². The summed E-state index contributed by atoms with van der Waals surface area (Å²) >= 11 is 0. The average molecular weight is 328 g/mol. The Hall–Kier alpha value is -1.96. The van der Waals surface area contributed by atoms with E-state index in [0.717, 1.165) is 0 Å². The van der Waals surface area contributed by atoms with Crippen LogP contribution in [0.5, 0.6) is 0 Å². The van der Waals surface area contributed by atoms with Gasteiger partial charge >= 0.3 is 0 Å². The molecule has 0 aromatic heterocycles. The number of carbonyl (C=O) groups excluding carboxylic acids is 1. The van der Waals surface area contributed by atoms with E-state index in [4.69, 9.17) is 0 Å². The van der Waals surface area contributed by atoms with Crippen LogP contribution in [0.25, 0.3) is 0 Å². The Morgan fingerprint density at radius 1 is 1.32 bits per heavy atom. The number of nitrogens with zero attached hydrogens (tertiary/aromatic N) is 1. The second-order valence-electron chi connectivity index (χ2n) is 5.42. The van der Waals surface area contributed by atoms with Crippen LogP contribution in [0.3, 0.4) is 0 Å². The first-order valence-electron chi connectivity index (χ1n) is 6.90. The number of nitrogens with one attached hydrogen (secondary N) is 1. The predicted molar refractivity (Wildman–Crippen MR) is 83.1 cm³/mol. The number of sulfone groups is 1. The zero-order valence-electron chi connectivity index (χ0n) is 12.6. The molecule has 8 heteroatoms. The largest absolute Gasteiger partial charge is 0.352 e. The maximum atomic E-state index is 11.7. The number of para-hydroxylation sites is 1. The molecule has 0 atom stereocenters. The third kappa shape index (κ3) is 6.21. The van der Waals surface area contributed by atoms with Crippen LogP contribution >= 0.6 is 0 Å². The number of nitro groups is 1. The van der Waals surface area contributed by atoms with Crippen LogP contribution in [-0.2, 0) is 21.2 Å². The van der Waals surface area contributed by atoms with E-state index in [9.17, 15) is 23.3 Å². The monoisotopic (exact) mass is 328 g/mol. The second kappa shape index (κ2) is 7.88. The number of amides is 1. The summed E-state index contributed by atoms with van der Waals surface area (Å²) in [5.74, 6) is -0.594. The Morgan fingerprint density at radius 2 is 1.95 bits per heavy atom. The fourth-order valence-corrected chi connectivity index (χ4v) is 3.64. The standard InChI is InChI=1S/C14H20N2O5S/c1-11(2)10-22(20,21)8-7-14(17)15-9-12-5-3-4-6-13(12)16(18)19/h3-6,11H,7-10H2,1-2H3,(H,15,17). The van der Waals surface area contributed by atoms with Gasteiger partial charge in [-0.1, -0.05) is 32.0 Å². The summed E-state index contributed by atoms with van der Waals surface area (Å²) in [6, 6.07) is 6.09. The number of benzene rings is 1. The summed E-state index contributed by atoms with van der Waals surface area (Å²) in [7, 11) is -3.25. The van der Waals surface area contributed by atoms with E-state index in [1.165, 1.54) is 6.07 Å². The highest BCUT2D eigenvalue weighted by atomic mass is 32.2. The minimum atomic E-state index is -3.25. The van der Waals surface area contributed by atoms with E-state index in [0.29, 0.717) is 5.56 Å². The number of hydrogen-bond donors (Lipinski definition) is 1. The minimum Gasteiger partial charge on any atom is -0.352 e. The minimum absolute atomic E-state index is 0.000213. The lowest BCUT2D eigenvalue weighted by Gasteiger charge is -2.08. The molecule has 7 nitrogen and oxygen atoms in total. The Balaban J connectivity index is 2.53. The molecule has 0 spiro atoms. The van der Waals surface area contributed by atoms with Crippen molar-refractivity contribution in [1.82, 2.24) is 5.32 Å². The molecule has 0 aliphatic carbocycles. The van der Waals surface area contributed by atoms with E-state index >= 15 is 0 Å². The van der Waals surface area contributed by atoms with Crippen LogP contribution in [0.1, 0.15) is 25.8 Å². The first-order chi connectivity index (χ1) is 10.2. The molecule has 1 amide bonds. The highest BCUT2D eigenvalue weighted by molar-refractivity contribution is 7.91. The van der Waals surface area contributed by atoms with Gasteiger partial charge in [-0.15, -0.1) is 0 Å². The van der Waals surface area contributed by atoms with E-state index in [1.54, 1.807) is 32.0 Å². The molecule has 0 radical (unpaired) electrons. The third-order valence-corrected chi connectivity index (χ3v) is 4.89. The molecule has 1 aromatic rings. The molecule has 0 bridgehead atoms. The summed E-state index contributed by atoms with van der Waals surface area (Å²) in [5, 5.41) is 13.4.